The highest BCUT2D eigenvalue weighted by atomic mass is 16.6. The largest absolute Gasteiger partial charge is 0.359 e. The lowest BCUT2D eigenvalue weighted by Crippen LogP contribution is -2.26. The van der Waals surface area contributed by atoms with Gasteiger partial charge in [-0.1, -0.05) is 18.2 Å². The van der Waals surface area contributed by atoms with Gasteiger partial charge < -0.3 is 10.6 Å². The number of carbonyl (C=O) groups is 1. The van der Waals surface area contributed by atoms with E-state index in [2.05, 4.69) is 10.6 Å². The Kier molecular flexibility index (Phi) is 5.79. The van der Waals surface area contributed by atoms with Gasteiger partial charge in [0.1, 0.15) is 0 Å². The van der Waals surface area contributed by atoms with Crippen LogP contribution in [0.4, 0.5) is 5.69 Å². The molecule has 1 rings (SSSR count). The summed E-state index contributed by atoms with van der Waals surface area (Å²) >= 11 is 0. The lowest BCUT2D eigenvalue weighted by atomic mass is 10.1. The summed E-state index contributed by atoms with van der Waals surface area (Å²) in [5.74, 6) is -0.0202. The molecular weight excluding hydrogens is 234 g/mol. The molecule has 0 aliphatic carbocycles. The summed E-state index contributed by atoms with van der Waals surface area (Å²) in [6, 6.07) is 6.69. The Bertz CT molecular complexity index is 421. The van der Waals surface area contributed by atoms with Gasteiger partial charge in [0.15, 0.2) is 0 Å². The molecule has 0 aromatic heterocycles. The molecule has 0 saturated heterocycles. The first-order valence-corrected chi connectivity index (χ1v) is 5.78. The molecule has 1 aromatic rings. The Labute approximate surface area is 106 Å². The number of hydrogen-bond donors (Lipinski definition) is 2. The Balaban J connectivity index is 2.35. The van der Waals surface area contributed by atoms with Crippen LogP contribution in [0, 0.1) is 10.1 Å². The van der Waals surface area contributed by atoms with Gasteiger partial charge >= 0.3 is 0 Å². The van der Waals surface area contributed by atoms with Crippen molar-refractivity contribution in [3.05, 3.63) is 39.9 Å². The molecule has 18 heavy (non-hydrogen) atoms. The molecule has 0 aliphatic rings. The quantitative estimate of drug-likeness (QED) is 0.427. The van der Waals surface area contributed by atoms with E-state index in [4.69, 9.17) is 0 Å². The summed E-state index contributed by atoms with van der Waals surface area (Å²) in [5, 5.41) is 16.4. The topological polar surface area (TPSA) is 84.3 Å². The maximum absolute atomic E-state index is 10.9. The molecule has 0 spiro atoms. The van der Waals surface area contributed by atoms with E-state index in [0.29, 0.717) is 31.5 Å². The zero-order valence-corrected chi connectivity index (χ0v) is 10.3. The lowest BCUT2D eigenvalue weighted by molar-refractivity contribution is -0.385. The lowest BCUT2D eigenvalue weighted by Gasteiger charge is -2.05. The monoisotopic (exact) mass is 251 g/mol. The van der Waals surface area contributed by atoms with E-state index in [9.17, 15) is 14.9 Å². The third-order valence-electron chi connectivity index (χ3n) is 2.57. The minimum absolute atomic E-state index is 0.0202. The van der Waals surface area contributed by atoms with Crippen LogP contribution in [0.3, 0.4) is 0 Å². The van der Waals surface area contributed by atoms with Crippen molar-refractivity contribution >= 4 is 11.6 Å². The minimum Gasteiger partial charge on any atom is -0.359 e. The van der Waals surface area contributed by atoms with Crippen LogP contribution in [-0.4, -0.2) is 31.0 Å². The van der Waals surface area contributed by atoms with Crippen LogP contribution in [0.25, 0.3) is 0 Å². The van der Waals surface area contributed by atoms with Gasteiger partial charge in [-0.15, -0.1) is 0 Å². The molecule has 0 saturated carbocycles. The van der Waals surface area contributed by atoms with Gasteiger partial charge in [-0.05, 0) is 13.0 Å². The summed E-state index contributed by atoms with van der Waals surface area (Å²) in [5.41, 5.74) is 0.848. The molecule has 98 valence electrons. The van der Waals surface area contributed by atoms with E-state index in [1.807, 2.05) is 0 Å². The Morgan fingerprint density at radius 3 is 2.72 bits per heavy atom. The van der Waals surface area contributed by atoms with Crippen molar-refractivity contribution < 1.29 is 9.72 Å². The highest BCUT2D eigenvalue weighted by Crippen LogP contribution is 2.17. The van der Waals surface area contributed by atoms with Crippen molar-refractivity contribution in [3.63, 3.8) is 0 Å². The van der Waals surface area contributed by atoms with Crippen LogP contribution < -0.4 is 10.6 Å². The molecule has 0 heterocycles. The molecule has 0 fully saturated rings. The number of hydrogen-bond acceptors (Lipinski definition) is 4. The number of nitrogens with zero attached hydrogens (tertiary/aromatic N) is 1. The minimum atomic E-state index is -0.375. The molecule has 6 heteroatoms. The number of nitro groups is 1. The van der Waals surface area contributed by atoms with Gasteiger partial charge in [0, 0.05) is 31.6 Å². The van der Waals surface area contributed by atoms with Crippen molar-refractivity contribution in [3.8, 4) is 0 Å². The van der Waals surface area contributed by atoms with Crippen molar-refractivity contribution in [2.24, 2.45) is 0 Å². The number of benzene rings is 1. The fourth-order valence-electron chi connectivity index (χ4n) is 1.58. The van der Waals surface area contributed by atoms with E-state index in [0.717, 1.165) is 0 Å². The second-order valence-electron chi connectivity index (χ2n) is 3.81. The van der Waals surface area contributed by atoms with Gasteiger partial charge in [0.05, 0.1) is 4.92 Å². The van der Waals surface area contributed by atoms with Crippen molar-refractivity contribution in [2.75, 3.05) is 20.1 Å². The summed E-state index contributed by atoms with van der Waals surface area (Å²) < 4.78 is 0. The maximum atomic E-state index is 10.9. The first-order valence-electron chi connectivity index (χ1n) is 5.78. The predicted octanol–water partition coefficient (Wildman–Crippen LogP) is 0.863. The predicted molar refractivity (Wildman–Crippen MR) is 68.4 cm³/mol. The molecule has 0 atom stereocenters. The van der Waals surface area contributed by atoms with E-state index in [1.54, 1.807) is 25.2 Å². The van der Waals surface area contributed by atoms with E-state index < -0.39 is 0 Å². The van der Waals surface area contributed by atoms with Crippen LogP contribution in [0.5, 0.6) is 0 Å². The van der Waals surface area contributed by atoms with Gasteiger partial charge in [0.25, 0.3) is 5.69 Å². The van der Waals surface area contributed by atoms with Crippen molar-refractivity contribution in [1.29, 1.82) is 0 Å². The average Bonchev–Trinajstić information content (AvgIpc) is 2.38. The molecule has 1 amide bonds. The van der Waals surface area contributed by atoms with Crippen molar-refractivity contribution in [2.45, 2.75) is 12.8 Å². The number of carbonyl (C=O) groups excluding carboxylic acids is 1. The zero-order chi connectivity index (χ0) is 13.4. The van der Waals surface area contributed by atoms with Crippen LogP contribution in [0.2, 0.25) is 0 Å². The zero-order valence-electron chi connectivity index (χ0n) is 10.3. The number of rotatable bonds is 7. The van der Waals surface area contributed by atoms with Gasteiger partial charge in [-0.2, -0.15) is 0 Å². The Morgan fingerprint density at radius 2 is 2.06 bits per heavy atom. The normalized spacial score (nSPS) is 10.1. The number of amides is 1. The van der Waals surface area contributed by atoms with Gasteiger partial charge in [-0.3, -0.25) is 14.9 Å². The highest BCUT2D eigenvalue weighted by molar-refractivity contribution is 5.75. The Hall–Kier alpha value is -1.95. The smallest absolute Gasteiger partial charge is 0.272 e. The molecule has 0 unspecified atom stereocenters. The molecule has 0 aliphatic heterocycles. The molecule has 0 radical (unpaired) electrons. The first kappa shape index (κ1) is 14.1. The molecule has 6 nitrogen and oxygen atoms in total. The maximum Gasteiger partial charge on any atom is 0.272 e. The summed E-state index contributed by atoms with van der Waals surface area (Å²) in [6.07, 6.45) is 0.984. The van der Waals surface area contributed by atoms with E-state index in [1.165, 1.54) is 6.07 Å². The first-order chi connectivity index (χ1) is 8.65. The second kappa shape index (κ2) is 7.39. The van der Waals surface area contributed by atoms with Crippen LogP contribution in [0.1, 0.15) is 12.0 Å². The number of para-hydroxylation sites is 1. The van der Waals surface area contributed by atoms with Crippen LogP contribution >= 0.6 is 0 Å². The number of nitro benzene ring substituents is 1. The van der Waals surface area contributed by atoms with Crippen molar-refractivity contribution in [1.82, 2.24) is 10.6 Å². The third-order valence-corrected chi connectivity index (χ3v) is 2.57. The molecule has 1 aromatic carbocycles. The average molecular weight is 251 g/mol. The van der Waals surface area contributed by atoms with Gasteiger partial charge in [-0.25, -0.2) is 0 Å². The summed E-state index contributed by atoms with van der Waals surface area (Å²) in [6.45, 7) is 1.18. The highest BCUT2D eigenvalue weighted by Gasteiger charge is 2.11. The van der Waals surface area contributed by atoms with Gasteiger partial charge in [0.2, 0.25) is 5.91 Å². The molecule has 0 bridgehead atoms. The number of nitrogens with one attached hydrogen (secondary N) is 2. The molecular formula is C12H17N3O3. The van der Waals surface area contributed by atoms with Crippen LogP contribution in [-0.2, 0) is 11.2 Å². The second-order valence-corrected chi connectivity index (χ2v) is 3.81. The fourth-order valence-corrected chi connectivity index (χ4v) is 1.58. The molecule has 2 N–H and O–H groups in total. The standard InChI is InChI=1S/C12H17N3O3/c1-13-12(16)7-9-14-8-6-10-4-2-3-5-11(10)15(17)18/h2-5,14H,6-9H2,1H3,(H,13,16). The summed E-state index contributed by atoms with van der Waals surface area (Å²) in [7, 11) is 1.59. The summed E-state index contributed by atoms with van der Waals surface area (Å²) in [4.78, 5) is 21.3. The SMILES string of the molecule is CNC(=O)CCNCCc1ccccc1[N+](=O)[O-]. The Morgan fingerprint density at radius 1 is 1.33 bits per heavy atom. The fraction of sp³-hybridized carbons (Fsp3) is 0.417. The third kappa shape index (κ3) is 4.50. The van der Waals surface area contributed by atoms with E-state index in [-0.39, 0.29) is 16.5 Å². The van der Waals surface area contributed by atoms with Crippen LogP contribution in [0.15, 0.2) is 24.3 Å². The van der Waals surface area contributed by atoms with E-state index >= 15 is 0 Å².